The van der Waals surface area contributed by atoms with Gasteiger partial charge in [-0.15, -0.1) is 0 Å². The Kier molecular flexibility index (Phi) is 4.79. The molecule has 0 saturated heterocycles. The number of halogens is 2. The summed E-state index contributed by atoms with van der Waals surface area (Å²) in [6.07, 6.45) is 0.957. The number of aromatic nitrogens is 4. The van der Waals surface area contributed by atoms with Gasteiger partial charge in [0.25, 0.3) is 0 Å². The van der Waals surface area contributed by atoms with Crippen LogP contribution in [0, 0.1) is 0 Å². The molecule has 5 rings (SSSR count). The second kappa shape index (κ2) is 7.39. The molecule has 3 heterocycles. The van der Waals surface area contributed by atoms with E-state index in [-0.39, 0.29) is 22.5 Å². The first kappa shape index (κ1) is 20.1. The van der Waals surface area contributed by atoms with Crippen LogP contribution in [0.2, 0.25) is 10.4 Å². The molecule has 0 unspecified atom stereocenters. The summed E-state index contributed by atoms with van der Waals surface area (Å²) >= 11 is 11.9. The molecule has 1 aliphatic heterocycles. The molecule has 3 N–H and O–H groups in total. The molecule has 3 aromatic rings. The maximum absolute atomic E-state index is 13.1. The van der Waals surface area contributed by atoms with Gasteiger partial charge in [-0.05, 0) is 37.4 Å². The fourth-order valence-corrected chi connectivity index (χ4v) is 4.59. The molecule has 10 heteroatoms. The van der Waals surface area contributed by atoms with Gasteiger partial charge in [0.15, 0.2) is 5.82 Å². The monoisotopic (exact) mass is 457 g/mol. The minimum atomic E-state index is -0.537. The number of urea groups is 1. The zero-order valence-electron chi connectivity index (χ0n) is 17.0. The number of H-pyrrole nitrogens is 1. The molecule has 2 amide bonds. The van der Waals surface area contributed by atoms with Crippen molar-refractivity contribution < 1.29 is 4.79 Å². The molecule has 1 aliphatic carbocycles. The average molecular weight is 458 g/mol. The number of aromatic amines is 1. The predicted octanol–water partition coefficient (Wildman–Crippen LogP) is 4.57. The van der Waals surface area contributed by atoms with E-state index >= 15 is 0 Å². The summed E-state index contributed by atoms with van der Waals surface area (Å²) in [5.74, 6) is 1.39. The van der Waals surface area contributed by atoms with E-state index in [0.717, 1.165) is 17.7 Å². The molecular formula is C21H21Cl2N7O. The molecule has 2 aromatic heterocycles. The predicted molar refractivity (Wildman–Crippen MR) is 119 cm³/mol. The van der Waals surface area contributed by atoms with Gasteiger partial charge in [-0.25, -0.2) is 14.8 Å². The summed E-state index contributed by atoms with van der Waals surface area (Å²) in [5, 5.41) is 14.0. The highest BCUT2D eigenvalue weighted by Gasteiger charge is 2.46. The normalized spacial score (nSPS) is 21.0. The Bertz CT molecular complexity index is 1130. The summed E-state index contributed by atoms with van der Waals surface area (Å²) in [4.78, 5) is 22.9. The van der Waals surface area contributed by atoms with E-state index in [1.807, 2.05) is 36.9 Å². The van der Waals surface area contributed by atoms with Gasteiger partial charge in [-0.2, -0.15) is 5.10 Å². The Morgan fingerprint density at radius 3 is 2.74 bits per heavy atom. The molecule has 1 aromatic carbocycles. The fourth-order valence-electron chi connectivity index (χ4n) is 4.18. The number of fused-ring (bicyclic) bond motifs is 1. The highest BCUT2D eigenvalue weighted by atomic mass is 35.5. The van der Waals surface area contributed by atoms with E-state index in [4.69, 9.17) is 23.2 Å². The van der Waals surface area contributed by atoms with Crippen LogP contribution in [0.1, 0.15) is 43.0 Å². The van der Waals surface area contributed by atoms with Crippen molar-refractivity contribution >= 4 is 40.9 Å². The van der Waals surface area contributed by atoms with Gasteiger partial charge in [0.05, 0.1) is 17.8 Å². The van der Waals surface area contributed by atoms with Crippen LogP contribution in [0.5, 0.6) is 0 Å². The zero-order valence-corrected chi connectivity index (χ0v) is 18.5. The van der Waals surface area contributed by atoms with Crippen LogP contribution < -0.4 is 10.6 Å². The minimum Gasteiger partial charge on any atom is -0.335 e. The zero-order chi connectivity index (χ0) is 21.8. The third-order valence-electron chi connectivity index (χ3n) is 5.96. The SMILES string of the molecule is CC1(C)c2[nH]nc(Nc3cc(Cl)nc(Cl)n3)c2CN1C(=O)N[C@@H]1C[C@H]1c1ccccc1. The van der Waals surface area contributed by atoms with Gasteiger partial charge in [-0.3, -0.25) is 5.10 Å². The Morgan fingerprint density at radius 2 is 2.00 bits per heavy atom. The molecule has 0 spiro atoms. The van der Waals surface area contributed by atoms with Crippen molar-refractivity contribution in [3.05, 3.63) is 63.7 Å². The van der Waals surface area contributed by atoms with Crippen molar-refractivity contribution in [2.75, 3.05) is 5.32 Å². The lowest BCUT2D eigenvalue weighted by Gasteiger charge is -2.32. The third kappa shape index (κ3) is 3.70. The van der Waals surface area contributed by atoms with Gasteiger partial charge >= 0.3 is 6.03 Å². The Balaban J connectivity index is 1.31. The number of rotatable bonds is 4. The fraction of sp³-hybridized carbons (Fsp3) is 0.333. The average Bonchev–Trinajstić information content (AvgIpc) is 3.27. The maximum atomic E-state index is 13.1. The van der Waals surface area contributed by atoms with Crippen molar-refractivity contribution in [1.82, 2.24) is 30.4 Å². The van der Waals surface area contributed by atoms with Crippen molar-refractivity contribution in [3.63, 3.8) is 0 Å². The number of hydrogen-bond acceptors (Lipinski definition) is 5. The maximum Gasteiger partial charge on any atom is 0.318 e. The number of benzene rings is 1. The third-order valence-corrected chi connectivity index (χ3v) is 6.32. The summed E-state index contributed by atoms with van der Waals surface area (Å²) in [6, 6.07) is 11.9. The second-order valence-electron chi connectivity index (χ2n) is 8.35. The lowest BCUT2D eigenvalue weighted by molar-refractivity contribution is 0.142. The summed E-state index contributed by atoms with van der Waals surface area (Å²) in [5.41, 5.74) is 2.51. The van der Waals surface area contributed by atoms with Gasteiger partial charge in [-0.1, -0.05) is 41.9 Å². The largest absolute Gasteiger partial charge is 0.335 e. The molecule has 8 nitrogen and oxygen atoms in total. The Morgan fingerprint density at radius 1 is 1.23 bits per heavy atom. The standard InChI is InChI=1S/C21H21Cl2N7O/c1-21(2)17-13(18(29-28-17)26-16-9-15(22)25-19(23)27-16)10-30(21)20(31)24-14-8-12(14)11-6-4-3-5-7-11/h3-7,9,12,14H,8,10H2,1-2H3,(H,24,31)(H2,25,26,27,28,29)/t12-,14+/m0/s1. The van der Waals surface area contributed by atoms with E-state index in [1.165, 1.54) is 5.56 Å². The van der Waals surface area contributed by atoms with Crippen LogP contribution in [0.15, 0.2) is 36.4 Å². The van der Waals surface area contributed by atoms with E-state index in [0.29, 0.717) is 24.1 Å². The highest BCUT2D eigenvalue weighted by molar-refractivity contribution is 6.32. The van der Waals surface area contributed by atoms with Crippen LogP contribution in [-0.4, -0.2) is 37.1 Å². The molecule has 0 radical (unpaired) electrons. The highest BCUT2D eigenvalue weighted by Crippen LogP contribution is 2.43. The first-order chi connectivity index (χ1) is 14.8. The van der Waals surface area contributed by atoms with E-state index in [2.05, 4.69) is 42.9 Å². The number of carbonyl (C=O) groups is 1. The first-order valence-corrected chi connectivity index (χ1v) is 10.8. The smallest absolute Gasteiger partial charge is 0.318 e. The summed E-state index contributed by atoms with van der Waals surface area (Å²) < 4.78 is 0. The number of amides is 2. The van der Waals surface area contributed by atoms with Gasteiger partial charge in [0, 0.05) is 23.6 Å². The van der Waals surface area contributed by atoms with Crippen molar-refractivity contribution in [2.24, 2.45) is 0 Å². The Hall–Kier alpha value is -2.84. The minimum absolute atomic E-state index is 0.0425. The quantitative estimate of drug-likeness (QED) is 0.393. The molecule has 0 bridgehead atoms. The number of carbonyl (C=O) groups excluding carboxylic acids is 1. The van der Waals surface area contributed by atoms with Crippen LogP contribution >= 0.6 is 23.2 Å². The topological polar surface area (TPSA) is 98.8 Å². The van der Waals surface area contributed by atoms with Crippen molar-refractivity contribution in [1.29, 1.82) is 0 Å². The molecule has 160 valence electrons. The van der Waals surface area contributed by atoms with Crippen LogP contribution in [-0.2, 0) is 12.1 Å². The number of hydrogen-bond donors (Lipinski definition) is 3. The molecule has 2 atom stereocenters. The lowest BCUT2D eigenvalue weighted by Crippen LogP contribution is -2.47. The van der Waals surface area contributed by atoms with Gasteiger partial charge < -0.3 is 15.5 Å². The number of anilines is 2. The molecule has 1 saturated carbocycles. The lowest BCUT2D eigenvalue weighted by atomic mass is 10.0. The van der Waals surface area contributed by atoms with E-state index in [1.54, 1.807) is 6.07 Å². The van der Waals surface area contributed by atoms with Gasteiger partial charge in [0.1, 0.15) is 11.0 Å². The van der Waals surface area contributed by atoms with Crippen LogP contribution in [0.4, 0.5) is 16.4 Å². The van der Waals surface area contributed by atoms with Gasteiger partial charge in [0.2, 0.25) is 5.28 Å². The molecular weight excluding hydrogens is 437 g/mol. The van der Waals surface area contributed by atoms with Crippen molar-refractivity contribution in [3.8, 4) is 0 Å². The molecule has 2 aliphatic rings. The van der Waals surface area contributed by atoms with Crippen molar-refractivity contribution in [2.45, 2.75) is 44.3 Å². The number of nitrogens with one attached hydrogen (secondary N) is 3. The molecule has 31 heavy (non-hydrogen) atoms. The summed E-state index contributed by atoms with van der Waals surface area (Å²) in [6.45, 7) is 4.42. The van der Waals surface area contributed by atoms with E-state index in [9.17, 15) is 4.79 Å². The van der Waals surface area contributed by atoms with Crippen LogP contribution in [0.25, 0.3) is 0 Å². The van der Waals surface area contributed by atoms with Crippen LogP contribution in [0.3, 0.4) is 0 Å². The first-order valence-electron chi connectivity index (χ1n) is 10.0. The Labute approximate surface area is 189 Å². The molecule has 1 fully saturated rings. The second-order valence-corrected chi connectivity index (χ2v) is 9.08. The number of nitrogens with zero attached hydrogens (tertiary/aromatic N) is 4. The summed E-state index contributed by atoms with van der Waals surface area (Å²) in [7, 11) is 0. The van der Waals surface area contributed by atoms with E-state index < -0.39 is 5.54 Å².